The zero-order chi connectivity index (χ0) is 15.7. The van der Waals surface area contributed by atoms with Crippen molar-refractivity contribution < 1.29 is 14.3 Å². The normalized spacial score (nSPS) is 25.8. The third kappa shape index (κ3) is 2.77. The molecule has 0 amide bonds. The molecule has 2 fully saturated rings. The van der Waals surface area contributed by atoms with Crippen LogP contribution in [0, 0.1) is 13.8 Å². The Hall–Kier alpha value is -1.40. The molecule has 3 rings (SSSR count). The first kappa shape index (κ1) is 15.5. The van der Waals surface area contributed by atoms with Crippen LogP contribution in [-0.4, -0.2) is 53.1 Å². The van der Waals surface area contributed by atoms with E-state index in [-0.39, 0.29) is 5.97 Å². The molecular weight excluding hydrogens is 282 g/mol. The molecule has 1 saturated carbocycles. The second-order valence-electron chi connectivity index (χ2n) is 6.25. The average molecular weight is 307 g/mol. The molecule has 6 nitrogen and oxygen atoms in total. The van der Waals surface area contributed by atoms with E-state index in [1.165, 1.54) is 26.4 Å². The third-order valence-corrected chi connectivity index (χ3v) is 4.93. The number of rotatable bonds is 3. The van der Waals surface area contributed by atoms with E-state index in [4.69, 9.17) is 9.47 Å². The zero-order valence-corrected chi connectivity index (χ0v) is 13.7. The smallest absolute Gasteiger partial charge is 0.341 e. The highest BCUT2D eigenvalue weighted by Crippen LogP contribution is 2.29. The van der Waals surface area contributed by atoms with Crippen LogP contribution in [0.15, 0.2) is 0 Å². The van der Waals surface area contributed by atoms with Gasteiger partial charge >= 0.3 is 5.97 Å². The van der Waals surface area contributed by atoms with Crippen LogP contribution in [0.1, 0.15) is 47.4 Å². The molecule has 1 aliphatic heterocycles. The van der Waals surface area contributed by atoms with Gasteiger partial charge in [-0.2, -0.15) is 5.10 Å². The summed E-state index contributed by atoms with van der Waals surface area (Å²) < 4.78 is 12.7. The van der Waals surface area contributed by atoms with Crippen molar-refractivity contribution in [1.82, 2.24) is 14.7 Å². The first-order chi connectivity index (χ1) is 10.6. The SMILES string of the molecule is COC(=O)c1c(C)nn(CN2CCOC3CCCCC32)c1C. The van der Waals surface area contributed by atoms with Gasteiger partial charge in [-0.1, -0.05) is 12.8 Å². The topological polar surface area (TPSA) is 56.6 Å². The Morgan fingerprint density at radius 2 is 2.14 bits per heavy atom. The number of carbonyl (C=O) groups is 1. The number of carbonyl (C=O) groups excluding carboxylic acids is 1. The molecule has 0 N–H and O–H groups in total. The van der Waals surface area contributed by atoms with Crippen LogP contribution in [0.2, 0.25) is 0 Å². The number of nitrogens with zero attached hydrogens (tertiary/aromatic N) is 3. The van der Waals surface area contributed by atoms with Gasteiger partial charge in [-0.15, -0.1) is 0 Å². The Labute approximate surface area is 131 Å². The number of esters is 1. The number of methoxy groups -OCH3 is 1. The van der Waals surface area contributed by atoms with Gasteiger partial charge in [0.2, 0.25) is 0 Å². The predicted octanol–water partition coefficient (Wildman–Crippen LogP) is 1.89. The van der Waals surface area contributed by atoms with Crippen LogP contribution in [0.5, 0.6) is 0 Å². The summed E-state index contributed by atoms with van der Waals surface area (Å²) >= 11 is 0. The fourth-order valence-corrected chi connectivity index (χ4v) is 3.76. The van der Waals surface area contributed by atoms with Gasteiger partial charge in [0.25, 0.3) is 0 Å². The average Bonchev–Trinajstić information content (AvgIpc) is 2.81. The van der Waals surface area contributed by atoms with Gasteiger partial charge in [-0.3, -0.25) is 9.58 Å². The van der Waals surface area contributed by atoms with E-state index in [0.29, 0.717) is 24.4 Å². The van der Waals surface area contributed by atoms with Gasteiger partial charge < -0.3 is 9.47 Å². The number of fused-ring (bicyclic) bond motifs is 1. The zero-order valence-electron chi connectivity index (χ0n) is 13.7. The number of aromatic nitrogens is 2. The third-order valence-electron chi connectivity index (χ3n) is 4.93. The summed E-state index contributed by atoms with van der Waals surface area (Å²) in [6, 6.07) is 0.480. The van der Waals surface area contributed by atoms with Crippen LogP contribution in [0.25, 0.3) is 0 Å². The number of morpholine rings is 1. The first-order valence-electron chi connectivity index (χ1n) is 8.09. The van der Waals surface area contributed by atoms with Crippen molar-refractivity contribution in [3.8, 4) is 0 Å². The highest BCUT2D eigenvalue weighted by atomic mass is 16.5. The van der Waals surface area contributed by atoms with Gasteiger partial charge in [0, 0.05) is 12.6 Å². The van der Waals surface area contributed by atoms with E-state index in [1.807, 2.05) is 18.5 Å². The van der Waals surface area contributed by atoms with Crippen molar-refractivity contribution >= 4 is 5.97 Å². The fraction of sp³-hybridized carbons (Fsp3) is 0.750. The molecule has 0 radical (unpaired) electrons. The summed E-state index contributed by atoms with van der Waals surface area (Å²) in [4.78, 5) is 14.3. The van der Waals surface area contributed by atoms with Crippen LogP contribution < -0.4 is 0 Å². The Morgan fingerprint density at radius 3 is 2.91 bits per heavy atom. The highest BCUT2D eigenvalue weighted by molar-refractivity contribution is 5.91. The van der Waals surface area contributed by atoms with Crippen LogP contribution in [-0.2, 0) is 16.1 Å². The van der Waals surface area contributed by atoms with Crippen LogP contribution in [0.4, 0.5) is 0 Å². The Balaban J connectivity index is 1.79. The molecule has 2 atom stereocenters. The van der Waals surface area contributed by atoms with Crippen molar-refractivity contribution in [2.45, 2.75) is 58.3 Å². The molecule has 122 valence electrons. The molecule has 1 aliphatic carbocycles. The molecular formula is C16H25N3O3. The minimum atomic E-state index is -0.307. The Morgan fingerprint density at radius 1 is 1.36 bits per heavy atom. The molecule has 22 heavy (non-hydrogen) atoms. The number of ether oxygens (including phenoxy) is 2. The predicted molar refractivity (Wildman–Crippen MR) is 81.7 cm³/mol. The quantitative estimate of drug-likeness (QED) is 0.798. The molecule has 0 aromatic carbocycles. The summed E-state index contributed by atoms with van der Waals surface area (Å²) in [5.74, 6) is -0.307. The minimum Gasteiger partial charge on any atom is -0.465 e. The fourth-order valence-electron chi connectivity index (χ4n) is 3.76. The number of aryl methyl sites for hydroxylation is 1. The second-order valence-corrected chi connectivity index (χ2v) is 6.25. The van der Waals surface area contributed by atoms with Gasteiger partial charge in [0.15, 0.2) is 0 Å². The summed E-state index contributed by atoms with van der Waals surface area (Å²) in [5.41, 5.74) is 2.21. The van der Waals surface area contributed by atoms with Crippen molar-refractivity contribution in [2.75, 3.05) is 20.3 Å². The number of hydrogen-bond acceptors (Lipinski definition) is 5. The van der Waals surface area contributed by atoms with Crippen molar-refractivity contribution in [3.05, 3.63) is 17.0 Å². The van der Waals surface area contributed by atoms with E-state index >= 15 is 0 Å². The molecule has 0 bridgehead atoms. The standard InChI is InChI=1S/C16H25N3O3/c1-11-15(16(20)21-3)12(2)19(17-11)10-18-8-9-22-14-7-5-4-6-13(14)18/h13-14H,4-10H2,1-3H3. The van der Waals surface area contributed by atoms with Crippen molar-refractivity contribution in [1.29, 1.82) is 0 Å². The van der Waals surface area contributed by atoms with Crippen LogP contribution in [0.3, 0.4) is 0 Å². The largest absolute Gasteiger partial charge is 0.465 e. The first-order valence-corrected chi connectivity index (χ1v) is 8.09. The molecule has 2 aliphatic rings. The lowest BCUT2D eigenvalue weighted by atomic mass is 9.90. The van der Waals surface area contributed by atoms with E-state index in [9.17, 15) is 4.79 Å². The van der Waals surface area contributed by atoms with Gasteiger partial charge in [-0.05, 0) is 26.7 Å². The lowest BCUT2D eigenvalue weighted by Crippen LogP contribution is -2.53. The van der Waals surface area contributed by atoms with E-state index in [2.05, 4.69) is 10.00 Å². The van der Waals surface area contributed by atoms with Crippen molar-refractivity contribution in [2.24, 2.45) is 0 Å². The van der Waals surface area contributed by atoms with Gasteiger partial charge in [0.1, 0.15) is 5.56 Å². The maximum Gasteiger partial charge on any atom is 0.341 e. The summed E-state index contributed by atoms with van der Waals surface area (Å²) in [5, 5.41) is 4.54. The summed E-state index contributed by atoms with van der Waals surface area (Å²) in [6.45, 7) is 6.22. The van der Waals surface area contributed by atoms with Gasteiger partial charge in [-0.25, -0.2) is 4.79 Å². The van der Waals surface area contributed by atoms with Crippen LogP contribution >= 0.6 is 0 Å². The molecule has 1 aromatic heterocycles. The molecule has 2 heterocycles. The van der Waals surface area contributed by atoms with Crippen molar-refractivity contribution in [3.63, 3.8) is 0 Å². The molecule has 6 heteroatoms. The highest BCUT2D eigenvalue weighted by Gasteiger charge is 2.34. The minimum absolute atomic E-state index is 0.307. The van der Waals surface area contributed by atoms with E-state index < -0.39 is 0 Å². The molecule has 1 aromatic rings. The maximum absolute atomic E-state index is 11.9. The number of hydrogen-bond donors (Lipinski definition) is 0. The monoisotopic (exact) mass is 307 g/mol. The lowest BCUT2D eigenvalue weighted by molar-refractivity contribution is -0.0994. The van der Waals surface area contributed by atoms with E-state index in [0.717, 1.165) is 31.0 Å². The van der Waals surface area contributed by atoms with E-state index in [1.54, 1.807) is 0 Å². The summed E-state index contributed by atoms with van der Waals surface area (Å²) in [6.07, 6.45) is 5.24. The molecule has 0 spiro atoms. The molecule has 2 unspecified atom stereocenters. The van der Waals surface area contributed by atoms with Gasteiger partial charge in [0.05, 0.1) is 37.9 Å². The maximum atomic E-state index is 11.9. The Bertz CT molecular complexity index is 553. The lowest BCUT2D eigenvalue weighted by Gasteiger charge is -2.43. The summed E-state index contributed by atoms with van der Waals surface area (Å²) in [7, 11) is 1.41. The second kappa shape index (κ2) is 6.38. The molecule has 1 saturated heterocycles. The Kier molecular flexibility index (Phi) is 4.49.